The first-order valence-electron chi connectivity index (χ1n) is 13.0. The van der Waals surface area contributed by atoms with Gasteiger partial charge in [-0.15, -0.1) is 44.2 Å². The number of hydrogen-bond acceptors (Lipinski definition) is 9. The van der Waals surface area contributed by atoms with E-state index in [0.29, 0.717) is 28.1 Å². The molecule has 4 heterocycles. The molecule has 0 spiro atoms. The normalized spacial score (nSPS) is 11.1. The maximum atomic E-state index is 11.3. The van der Waals surface area contributed by atoms with E-state index in [1.165, 1.54) is 54.8 Å². The van der Waals surface area contributed by atoms with Crippen molar-refractivity contribution in [2.24, 2.45) is 0 Å². The van der Waals surface area contributed by atoms with Gasteiger partial charge in [0.05, 0.1) is 26.8 Å². The molecule has 9 heteroatoms. The summed E-state index contributed by atoms with van der Waals surface area (Å²) in [6, 6.07) is 17.2. The lowest BCUT2D eigenvalue weighted by Gasteiger charge is -2.06. The zero-order valence-corrected chi connectivity index (χ0v) is 24.0. The molecule has 0 aliphatic heterocycles. The number of benzene rings is 1. The number of nitrogens with zero attached hydrogens (tertiary/aromatic N) is 2. The molecule has 0 saturated heterocycles. The molecule has 0 saturated carbocycles. The Hall–Kier alpha value is -3.40. The van der Waals surface area contributed by atoms with E-state index >= 15 is 0 Å². The number of carbonyl (C=O) groups is 2. The van der Waals surface area contributed by atoms with E-state index in [1.807, 2.05) is 48.5 Å². The Labute approximate surface area is 239 Å². The topological polar surface area (TPSA) is 82.3 Å². The van der Waals surface area contributed by atoms with Gasteiger partial charge in [0, 0.05) is 20.2 Å². The van der Waals surface area contributed by atoms with Gasteiger partial charge in [-0.2, -0.15) is 0 Å². The molecule has 0 amide bonds. The van der Waals surface area contributed by atoms with Crippen LogP contribution in [-0.2, 0) is 0 Å². The summed E-state index contributed by atoms with van der Waals surface area (Å²) in [6.45, 7) is 2.94. The van der Waals surface area contributed by atoms with Crippen molar-refractivity contribution in [2.45, 2.75) is 45.4 Å². The van der Waals surface area contributed by atoms with E-state index in [4.69, 9.17) is 9.15 Å². The average molecular weight is 577 g/mol. The zero-order chi connectivity index (χ0) is 27.0. The Morgan fingerprint density at radius 3 is 2.13 bits per heavy atom. The van der Waals surface area contributed by atoms with Crippen molar-refractivity contribution in [3.63, 3.8) is 0 Å². The first kappa shape index (κ1) is 27.2. The zero-order valence-electron chi connectivity index (χ0n) is 21.6. The van der Waals surface area contributed by atoms with Crippen LogP contribution in [0, 0.1) is 0 Å². The smallest absolute Gasteiger partial charge is 0.249 e. The lowest BCUT2D eigenvalue weighted by molar-refractivity contribution is 0.111. The number of aldehydes is 2. The fourth-order valence-corrected chi connectivity index (χ4v) is 7.16. The molecule has 0 radical (unpaired) electrons. The van der Waals surface area contributed by atoms with Gasteiger partial charge in [-0.05, 0) is 61.0 Å². The number of aromatic nitrogens is 2. The van der Waals surface area contributed by atoms with Crippen LogP contribution in [0.4, 0.5) is 0 Å². The highest BCUT2D eigenvalue weighted by molar-refractivity contribution is 7.27. The quantitative estimate of drug-likeness (QED) is 0.0968. The molecule has 0 fully saturated rings. The van der Waals surface area contributed by atoms with Crippen LogP contribution in [0.25, 0.3) is 42.4 Å². The summed E-state index contributed by atoms with van der Waals surface area (Å²) in [6.07, 6.45) is 9.09. The van der Waals surface area contributed by atoms with Crippen LogP contribution < -0.4 is 4.74 Å². The molecule has 1 aromatic carbocycles. The van der Waals surface area contributed by atoms with E-state index in [0.717, 1.165) is 55.4 Å². The average Bonchev–Trinajstić information content (AvgIpc) is 3.78. The number of rotatable bonds is 14. The van der Waals surface area contributed by atoms with E-state index in [-0.39, 0.29) is 0 Å². The second-order valence-corrected chi connectivity index (χ2v) is 12.3. The van der Waals surface area contributed by atoms with Crippen LogP contribution in [0.3, 0.4) is 0 Å². The summed E-state index contributed by atoms with van der Waals surface area (Å²) in [4.78, 5) is 27.7. The highest BCUT2D eigenvalue weighted by atomic mass is 32.1. The maximum absolute atomic E-state index is 11.3. The van der Waals surface area contributed by atoms with E-state index in [1.54, 1.807) is 17.4 Å². The summed E-state index contributed by atoms with van der Waals surface area (Å²) >= 11 is 4.42. The van der Waals surface area contributed by atoms with Crippen LogP contribution in [0.5, 0.6) is 5.75 Å². The SMILES string of the molecule is CCCCCCCCOc1ccc(-c2nnc(-c3cc(-c4ccc(C=O)s4)sc3-c3ccc(C=O)s3)o2)cc1. The molecule has 5 rings (SSSR count). The van der Waals surface area contributed by atoms with Crippen LogP contribution in [0.2, 0.25) is 0 Å². The molecule has 0 aliphatic carbocycles. The van der Waals surface area contributed by atoms with Crippen molar-refractivity contribution >= 4 is 46.6 Å². The summed E-state index contributed by atoms with van der Waals surface area (Å²) in [5.74, 6) is 1.65. The second-order valence-electron chi connectivity index (χ2n) is 9.05. The Morgan fingerprint density at radius 2 is 1.41 bits per heavy atom. The van der Waals surface area contributed by atoms with E-state index < -0.39 is 0 Å². The summed E-state index contributed by atoms with van der Waals surface area (Å²) in [7, 11) is 0. The maximum Gasteiger partial charge on any atom is 0.249 e. The third kappa shape index (κ3) is 6.61. The van der Waals surface area contributed by atoms with Gasteiger partial charge < -0.3 is 9.15 Å². The summed E-state index contributed by atoms with van der Waals surface area (Å²) < 4.78 is 12.0. The molecule has 0 N–H and O–H groups in total. The molecular formula is C30H28N2O4S3. The standard InChI is InChI=1S/C30H28N2O4S3/c1-2-3-4-5-6-7-16-35-21-10-8-20(9-11-21)29-31-32-30(36-29)24-17-27(25-14-12-22(18-33)37-25)39-28(24)26-15-13-23(19-34)38-26/h8-15,17-19H,2-7,16H2,1H3. The number of carbonyl (C=O) groups excluding carboxylic acids is 2. The van der Waals surface area contributed by atoms with Crippen molar-refractivity contribution in [3.05, 3.63) is 64.4 Å². The number of thiophene rings is 3. The molecule has 0 aliphatic rings. The fourth-order valence-electron chi connectivity index (χ4n) is 4.16. The molecule has 0 bridgehead atoms. The predicted molar refractivity (Wildman–Crippen MR) is 159 cm³/mol. The molecule has 6 nitrogen and oxygen atoms in total. The molecule has 0 unspecified atom stereocenters. The van der Waals surface area contributed by atoms with Crippen LogP contribution >= 0.6 is 34.0 Å². The highest BCUT2D eigenvalue weighted by Crippen LogP contribution is 2.46. The predicted octanol–water partition coefficient (Wildman–Crippen LogP) is 9.29. The minimum absolute atomic E-state index is 0.402. The molecule has 5 aromatic rings. The summed E-state index contributed by atoms with van der Waals surface area (Å²) in [5, 5.41) is 8.67. The van der Waals surface area contributed by atoms with Gasteiger partial charge in [0.2, 0.25) is 11.8 Å². The van der Waals surface area contributed by atoms with Crippen molar-refractivity contribution in [1.29, 1.82) is 0 Å². The van der Waals surface area contributed by atoms with Gasteiger partial charge in [-0.25, -0.2) is 0 Å². The number of hydrogen-bond donors (Lipinski definition) is 0. The van der Waals surface area contributed by atoms with Crippen LogP contribution in [0.15, 0.2) is 59.0 Å². The minimum Gasteiger partial charge on any atom is -0.494 e. The van der Waals surface area contributed by atoms with Crippen molar-refractivity contribution < 1.29 is 18.7 Å². The van der Waals surface area contributed by atoms with Crippen molar-refractivity contribution in [3.8, 4) is 48.2 Å². The third-order valence-corrected chi connectivity index (χ3v) is 9.74. The van der Waals surface area contributed by atoms with Crippen molar-refractivity contribution in [1.82, 2.24) is 10.2 Å². The first-order chi connectivity index (χ1) is 19.2. The fraction of sp³-hybridized carbons (Fsp3) is 0.267. The second kappa shape index (κ2) is 13.1. The number of unbranched alkanes of at least 4 members (excludes halogenated alkanes) is 5. The van der Waals surface area contributed by atoms with Gasteiger partial charge in [-0.1, -0.05) is 39.0 Å². The molecule has 4 aromatic heterocycles. The Balaban J connectivity index is 1.33. The summed E-state index contributed by atoms with van der Waals surface area (Å²) in [5.41, 5.74) is 1.61. The number of ether oxygens (including phenoxy) is 1. The van der Waals surface area contributed by atoms with Gasteiger partial charge in [-0.3, -0.25) is 9.59 Å². The van der Waals surface area contributed by atoms with Gasteiger partial charge in [0.25, 0.3) is 0 Å². The largest absolute Gasteiger partial charge is 0.494 e. The molecule has 200 valence electrons. The van der Waals surface area contributed by atoms with E-state index in [2.05, 4.69) is 17.1 Å². The first-order valence-corrected chi connectivity index (χ1v) is 15.4. The van der Waals surface area contributed by atoms with Crippen molar-refractivity contribution in [2.75, 3.05) is 6.61 Å². The van der Waals surface area contributed by atoms with Gasteiger partial charge in [0.15, 0.2) is 12.6 Å². The van der Waals surface area contributed by atoms with Gasteiger partial charge >= 0.3 is 0 Å². The van der Waals surface area contributed by atoms with E-state index in [9.17, 15) is 9.59 Å². The Bertz CT molecular complexity index is 1530. The Kier molecular flexibility index (Phi) is 9.13. The molecule has 0 atom stereocenters. The Morgan fingerprint density at radius 1 is 0.744 bits per heavy atom. The lowest BCUT2D eigenvalue weighted by Crippen LogP contribution is -1.97. The molecular weight excluding hydrogens is 549 g/mol. The van der Waals surface area contributed by atoms with Crippen LogP contribution in [0.1, 0.15) is 64.8 Å². The lowest BCUT2D eigenvalue weighted by atomic mass is 10.1. The van der Waals surface area contributed by atoms with Crippen LogP contribution in [-0.4, -0.2) is 29.4 Å². The highest BCUT2D eigenvalue weighted by Gasteiger charge is 2.21. The minimum atomic E-state index is 0.402. The monoisotopic (exact) mass is 576 g/mol. The molecule has 39 heavy (non-hydrogen) atoms. The third-order valence-electron chi connectivity index (χ3n) is 6.21. The van der Waals surface area contributed by atoms with Gasteiger partial charge in [0.1, 0.15) is 5.75 Å².